The van der Waals surface area contributed by atoms with Crippen molar-refractivity contribution in [1.82, 2.24) is 19.4 Å². The topological polar surface area (TPSA) is 86.9 Å². The number of alkyl halides is 5. The average Bonchev–Trinajstić information content (AvgIpc) is 3.49. The lowest BCUT2D eigenvalue weighted by Gasteiger charge is -2.39. The molecule has 0 N–H and O–H groups in total. The number of halogens is 6. The number of nitrogens with zero attached hydrogens (tertiary/aromatic N) is 7. The molecule has 2 atom stereocenters. The third-order valence-electron chi connectivity index (χ3n) is 7.61. The fraction of sp³-hybridized carbons (Fsp3) is 0.321. The lowest BCUT2D eigenvalue weighted by atomic mass is 9.95. The van der Waals surface area contributed by atoms with E-state index in [-0.39, 0.29) is 31.0 Å². The third kappa shape index (κ3) is 5.13. The largest absolute Gasteiger partial charge is 0.416 e. The number of hydrogen-bond acceptors (Lipinski definition) is 6. The van der Waals surface area contributed by atoms with Crippen molar-refractivity contribution in [3.63, 3.8) is 0 Å². The van der Waals surface area contributed by atoms with Crippen molar-refractivity contribution in [2.45, 2.75) is 38.5 Å². The molecular weight excluding hydrogens is 597 g/mol. The van der Waals surface area contributed by atoms with Gasteiger partial charge in [0.1, 0.15) is 17.6 Å². The van der Waals surface area contributed by atoms with Gasteiger partial charge in [-0.3, -0.25) is 14.5 Å². The van der Waals surface area contributed by atoms with E-state index in [1.807, 2.05) is 4.90 Å². The number of carbonyl (C=O) groups is 2. The molecule has 1 aromatic carbocycles. The van der Waals surface area contributed by atoms with Gasteiger partial charge in [-0.25, -0.2) is 23.7 Å². The molecule has 0 spiro atoms. The molecule has 9 nitrogen and oxygen atoms in total. The summed E-state index contributed by atoms with van der Waals surface area (Å²) in [6, 6.07) is 5.47. The summed E-state index contributed by atoms with van der Waals surface area (Å²) in [6.07, 6.45) is -3.59. The van der Waals surface area contributed by atoms with Gasteiger partial charge in [-0.2, -0.15) is 13.2 Å². The van der Waals surface area contributed by atoms with Gasteiger partial charge in [-0.15, -0.1) is 0 Å². The van der Waals surface area contributed by atoms with Gasteiger partial charge in [-0.1, -0.05) is 17.7 Å². The fourth-order valence-electron chi connectivity index (χ4n) is 5.76. The van der Waals surface area contributed by atoms with E-state index in [9.17, 15) is 31.5 Å². The molecular formula is C28H23ClF5N7O2. The molecule has 6 rings (SSSR count). The maximum absolute atomic E-state index is 14.0. The highest BCUT2D eigenvalue weighted by atomic mass is 35.5. The number of aromatic nitrogens is 4. The molecule has 0 radical (unpaired) electrons. The number of fused-ring (bicyclic) bond motifs is 3. The average molecular weight is 620 g/mol. The summed E-state index contributed by atoms with van der Waals surface area (Å²) >= 11 is 6.66. The summed E-state index contributed by atoms with van der Waals surface area (Å²) < 4.78 is 68.8. The van der Waals surface area contributed by atoms with Crippen LogP contribution in [0.4, 0.5) is 39.1 Å². The molecule has 5 heterocycles. The molecule has 0 saturated carbocycles. The highest BCUT2D eigenvalue weighted by Gasteiger charge is 2.49. The van der Waals surface area contributed by atoms with Gasteiger partial charge in [0.25, 0.3) is 6.43 Å². The van der Waals surface area contributed by atoms with Crippen LogP contribution in [0.3, 0.4) is 0 Å². The summed E-state index contributed by atoms with van der Waals surface area (Å²) in [6.45, 7) is 1.61. The second-order valence-corrected chi connectivity index (χ2v) is 10.9. The Balaban J connectivity index is 1.43. The minimum Gasteiger partial charge on any atom is -0.362 e. The first kappa shape index (κ1) is 28.8. The first-order valence-electron chi connectivity index (χ1n) is 13.1. The molecule has 0 bridgehead atoms. The Morgan fingerprint density at radius 3 is 2.60 bits per heavy atom. The highest BCUT2D eigenvalue weighted by Crippen LogP contribution is 2.43. The number of para-hydroxylation sites is 1. The van der Waals surface area contributed by atoms with Gasteiger partial charge < -0.3 is 14.2 Å². The van der Waals surface area contributed by atoms with E-state index in [1.165, 1.54) is 35.7 Å². The SMILES string of the molecule is Cc1cc(C(F)(F)F)cc(N2C(=O)C[C@@H]3CN(Cc4cn5cc(C(F)F)ncc5n4)c4c(Cl)cccc4N(C)C(=O)[C@H]32)n1. The second-order valence-electron chi connectivity index (χ2n) is 10.5. The van der Waals surface area contributed by atoms with E-state index in [0.717, 1.165) is 17.0 Å². The summed E-state index contributed by atoms with van der Waals surface area (Å²) in [5.74, 6) is -1.96. The van der Waals surface area contributed by atoms with Crippen LogP contribution in [0.1, 0.15) is 35.5 Å². The number of pyridine rings is 1. The van der Waals surface area contributed by atoms with E-state index < -0.39 is 47.6 Å². The zero-order chi connectivity index (χ0) is 30.8. The predicted molar refractivity (Wildman–Crippen MR) is 147 cm³/mol. The lowest BCUT2D eigenvalue weighted by Crippen LogP contribution is -2.52. The fourth-order valence-corrected chi connectivity index (χ4v) is 6.05. The van der Waals surface area contributed by atoms with Crippen LogP contribution in [-0.2, 0) is 22.3 Å². The van der Waals surface area contributed by atoms with Crippen LogP contribution in [0.15, 0.2) is 48.9 Å². The van der Waals surface area contributed by atoms with E-state index in [0.29, 0.717) is 27.7 Å². The number of benzene rings is 1. The van der Waals surface area contributed by atoms with Gasteiger partial charge in [0.15, 0.2) is 5.65 Å². The van der Waals surface area contributed by atoms with Crippen LogP contribution >= 0.6 is 11.6 Å². The number of aryl methyl sites for hydroxylation is 1. The minimum atomic E-state index is -4.68. The number of amides is 2. The van der Waals surface area contributed by atoms with E-state index in [4.69, 9.17) is 11.6 Å². The number of imidazole rings is 1. The Labute approximate surface area is 246 Å². The molecule has 0 aliphatic carbocycles. The van der Waals surface area contributed by atoms with Crippen molar-refractivity contribution in [1.29, 1.82) is 0 Å². The number of anilines is 3. The van der Waals surface area contributed by atoms with Crippen LogP contribution in [0.2, 0.25) is 5.02 Å². The summed E-state index contributed by atoms with van der Waals surface area (Å²) in [5.41, 5.74) is 0.360. The quantitative estimate of drug-likeness (QED) is 0.283. The maximum atomic E-state index is 14.0. The first-order chi connectivity index (χ1) is 20.3. The second kappa shape index (κ2) is 10.4. The smallest absolute Gasteiger partial charge is 0.362 e. The van der Waals surface area contributed by atoms with Gasteiger partial charge in [-0.05, 0) is 31.2 Å². The van der Waals surface area contributed by atoms with E-state index >= 15 is 0 Å². The standard InChI is InChI=1S/C28H23ClF5N7O2/c1-14-6-16(28(32,33)34)8-21(36-14)41-23(42)7-15-10-40(12-17-11-39-13-19(26(30)31)35-9-22(39)37-17)25-18(29)4-3-5-20(25)38(2)27(43)24(15)41/h3-6,8-9,11,13,15,24,26H,7,10,12H2,1-2H3/t15-,24+/m1/s1. The summed E-state index contributed by atoms with van der Waals surface area (Å²) in [4.78, 5) is 44.0. The number of hydrogen-bond donors (Lipinski definition) is 0. The summed E-state index contributed by atoms with van der Waals surface area (Å²) in [7, 11) is 1.51. The van der Waals surface area contributed by atoms with Gasteiger partial charge in [0, 0.05) is 44.0 Å². The van der Waals surface area contributed by atoms with Crippen molar-refractivity contribution in [3.05, 3.63) is 76.6 Å². The first-order valence-corrected chi connectivity index (χ1v) is 13.5. The Bertz CT molecular complexity index is 1760. The summed E-state index contributed by atoms with van der Waals surface area (Å²) in [5, 5.41) is 0.317. The molecule has 2 aliphatic rings. The molecule has 4 aromatic rings. The molecule has 0 unspecified atom stereocenters. The lowest BCUT2D eigenvalue weighted by molar-refractivity contribution is -0.137. The van der Waals surface area contributed by atoms with Crippen LogP contribution < -0.4 is 14.7 Å². The number of rotatable bonds is 4. The van der Waals surface area contributed by atoms with Crippen LogP contribution in [0.25, 0.3) is 5.65 Å². The van der Waals surface area contributed by atoms with Gasteiger partial charge in [0.05, 0.1) is 40.4 Å². The highest BCUT2D eigenvalue weighted by molar-refractivity contribution is 6.34. The van der Waals surface area contributed by atoms with E-state index in [2.05, 4.69) is 15.0 Å². The Hall–Kier alpha value is -4.33. The number of carbonyl (C=O) groups excluding carboxylic acids is 2. The molecule has 1 saturated heterocycles. The molecule has 43 heavy (non-hydrogen) atoms. The zero-order valence-electron chi connectivity index (χ0n) is 22.7. The maximum Gasteiger partial charge on any atom is 0.416 e. The normalized spacial score (nSPS) is 19.2. The van der Waals surface area contributed by atoms with Crippen LogP contribution in [-0.4, -0.2) is 50.8 Å². The molecule has 2 aliphatic heterocycles. The molecule has 3 aromatic heterocycles. The van der Waals surface area contributed by atoms with E-state index in [1.54, 1.807) is 24.4 Å². The predicted octanol–water partition coefficient (Wildman–Crippen LogP) is 5.45. The van der Waals surface area contributed by atoms with Crippen LogP contribution in [0, 0.1) is 12.8 Å². The van der Waals surface area contributed by atoms with Crippen LogP contribution in [0.5, 0.6) is 0 Å². The van der Waals surface area contributed by atoms with Gasteiger partial charge in [0.2, 0.25) is 11.8 Å². The minimum absolute atomic E-state index is 0.0443. The Morgan fingerprint density at radius 2 is 1.88 bits per heavy atom. The Morgan fingerprint density at radius 1 is 1.12 bits per heavy atom. The molecule has 224 valence electrons. The van der Waals surface area contributed by atoms with Crippen molar-refractivity contribution < 1.29 is 31.5 Å². The van der Waals surface area contributed by atoms with Crippen molar-refractivity contribution in [2.24, 2.45) is 5.92 Å². The Kier molecular flexibility index (Phi) is 6.98. The molecule has 2 amide bonds. The van der Waals surface area contributed by atoms with Gasteiger partial charge >= 0.3 is 6.18 Å². The number of likely N-dealkylation sites (N-methyl/N-ethyl adjacent to an activating group) is 1. The van der Waals surface area contributed by atoms with Crippen molar-refractivity contribution >= 4 is 46.3 Å². The van der Waals surface area contributed by atoms with Crippen molar-refractivity contribution in [3.8, 4) is 0 Å². The molecule has 1 fully saturated rings. The monoisotopic (exact) mass is 619 g/mol. The molecule has 15 heteroatoms. The third-order valence-corrected chi connectivity index (χ3v) is 7.92. The van der Waals surface area contributed by atoms with Crippen molar-refractivity contribution in [2.75, 3.05) is 28.3 Å². The zero-order valence-corrected chi connectivity index (χ0v) is 23.4.